The Hall–Kier alpha value is -1.02. The van der Waals surface area contributed by atoms with Gasteiger partial charge in [0.15, 0.2) is 0 Å². The van der Waals surface area contributed by atoms with E-state index in [0.29, 0.717) is 17.4 Å². The summed E-state index contributed by atoms with van der Waals surface area (Å²) in [5.41, 5.74) is 0. The molecule has 0 aromatic carbocycles. The van der Waals surface area contributed by atoms with Crippen molar-refractivity contribution in [2.24, 2.45) is 0 Å². The summed E-state index contributed by atoms with van der Waals surface area (Å²) in [4.78, 5) is 25.6. The van der Waals surface area contributed by atoms with Gasteiger partial charge in [0.05, 0.1) is 39.9 Å². The van der Waals surface area contributed by atoms with E-state index in [4.69, 9.17) is 9.05 Å². The lowest BCUT2D eigenvalue weighted by atomic mass is 10.0. The Kier molecular flexibility index (Phi) is 60.7. The van der Waals surface area contributed by atoms with Gasteiger partial charge in [-0.25, -0.2) is 0 Å². The van der Waals surface area contributed by atoms with E-state index in [1.807, 2.05) is 27.2 Å². The van der Waals surface area contributed by atoms with Gasteiger partial charge in [-0.15, -0.1) is 0 Å². The van der Waals surface area contributed by atoms with Gasteiger partial charge in [0.25, 0.3) is 7.82 Å². The van der Waals surface area contributed by atoms with Gasteiger partial charge in [-0.1, -0.05) is 340 Å². The Morgan fingerprint density at radius 1 is 0.430 bits per heavy atom. The number of unbranched alkanes of at least 4 members (excludes halogenated alkanes) is 51. The molecule has 470 valence electrons. The standard InChI is InChI=1S/C70H139N2O6P/c1-6-8-10-12-14-16-18-20-22-24-26-28-30-32-34-35-36-37-38-40-42-44-46-48-50-52-54-56-58-60-62-64-70(74)71-68(67-78-79(75,76)77-66-65-72(3,4)5)69(73)63-61-59-57-55-53-51-49-47-45-43-41-39-33-31-29-27-25-23-21-19-17-15-13-11-9-7-2/h24,26,61,63,68-69,73H,6-23,25,27-60,62,64-67H2,1-5H3,(H-,71,74,75,76)/b26-24-,63-61+. The maximum atomic E-state index is 13.0. The van der Waals surface area contributed by atoms with Crippen LogP contribution in [0, 0.1) is 0 Å². The molecule has 3 unspecified atom stereocenters. The molecule has 0 aromatic rings. The first-order valence-corrected chi connectivity index (χ1v) is 36.7. The number of likely N-dealkylation sites (N-methyl/N-ethyl adjacent to an activating group) is 1. The average Bonchev–Trinajstić information content (AvgIpc) is 3.42. The van der Waals surface area contributed by atoms with Crippen LogP contribution in [0.5, 0.6) is 0 Å². The number of hydrogen-bond donors (Lipinski definition) is 2. The van der Waals surface area contributed by atoms with Crippen LogP contribution in [0.25, 0.3) is 0 Å². The molecule has 0 aliphatic heterocycles. The van der Waals surface area contributed by atoms with Crippen LogP contribution in [0.4, 0.5) is 0 Å². The predicted molar refractivity (Wildman–Crippen MR) is 344 cm³/mol. The highest BCUT2D eigenvalue weighted by Crippen LogP contribution is 2.38. The summed E-state index contributed by atoms with van der Waals surface area (Å²) >= 11 is 0. The summed E-state index contributed by atoms with van der Waals surface area (Å²) in [5, 5.41) is 14.0. The minimum atomic E-state index is -4.60. The van der Waals surface area contributed by atoms with Gasteiger partial charge >= 0.3 is 0 Å². The highest BCUT2D eigenvalue weighted by Gasteiger charge is 2.23. The Morgan fingerprint density at radius 2 is 0.696 bits per heavy atom. The van der Waals surface area contributed by atoms with Crippen molar-refractivity contribution in [2.45, 2.75) is 379 Å². The zero-order valence-corrected chi connectivity index (χ0v) is 54.8. The van der Waals surface area contributed by atoms with Crippen LogP contribution < -0.4 is 10.2 Å². The van der Waals surface area contributed by atoms with Crippen molar-refractivity contribution >= 4 is 13.7 Å². The number of aliphatic hydroxyl groups excluding tert-OH is 1. The number of carbonyl (C=O) groups excluding carboxylic acids is 1. The molecule has 0 aliphatic rings. The van der Waals surface area contributed by atoms with Crippen LogP contribution >= 0.6 is 7.82 Å². The van der Waals surface area contributed by atoms with Crippen LogP contribution in [-0.2, 0) is 18.4 Å². The van der Waals surface area contributed by atoms with Crippen LogP contribution in [-0.4, -0.2) is 68.5 Å². The van der Waals surface area contributed by atoms with Crippen molar-refractivity contribution in [3.63, 3.8) is 0 Å². The molecule has 0 heterocycles. The van der Waals surface area contributed by atoms with E-state index in [0.717, 1.165) is 38.5 Å². The summed E-state index contributed by atoms with van der Waals surface area (Å²) in [6, 6.07) is -0.885. The fourth-order valence-electron chi connectivity index (χ4n) is 10.9. The number of quaternary nitrogens is 1. The summed E-state index contributed by atoms with van der Waals surface area (Å²) in [6.45, 7) is 4.71. The quantitative estimate of drug-likeness (QED) is 0.0272. The zero-order chi connectivity index (χ0) is 57.7. The largest absolute Gasteiger partial charge is 0.756 e. The van der Waals surface area contributed by atoms with Crippen LogP contribution in [0.15, 0.2) is 24.3 Å². The summed E-state index contributed by atoms with van der Waals surface area (Å²) in [5.74, 6) is -0.189. The monoisotopic (exact) mass is 1140 g/mol. The Morgan fingerprint density at radius 3 is 0.987 bits per heavy atom. The highest BCUT2D eigenvalue weighted by atomic mass is 31.2. The van der Waals surface area contributed by atoms with E-state index in [2.05, 4.69) is 31.3 Å². The molecule has 2 N–H and O–H groups in total. The van der Waals surface area contributed by atoms with Gasteiger partial charge in [0.2, 0.25) is 5.91 Å². The number of nitrogens with zero attached hydrogens (tertiary/aromatic N) is 1. The molecule has 1 amide bonds. The molecule has 79 heavy (non-hydrogen) atoms. The summed E-state index contributed by atoms with van der Waals surface area (Å²) in [6.07, 6.45) is 80.1. The molecule has 0 fully saturated rings. The number of hydrogen-bond acceptors (Lipinski definition) is 6. The molecule has 0 bridgehead atoms. The Bertz CT molecular complexity index is 1340. The van der Waals surface area contributed by atoms with E-state index < -0.39 is 20.0 Å². The number of nitrogens with one attached hydrogen (secondary N) is 1. The van der Waals surface area contributed by atoms with Gasteiger partial charge in [-0.05, 0) is 44.9 Å². The second kappa shape index (κ2) is 61.5. The third-order valence-electron chi connectivity index (χ3n) is 16.4. The lowest BCUT2D eigenvalue weighted by molar-refractivity contribution is -0.870. The number of phosphoric acid groups is 1. The third kappa shape index (κ3) is 64.4. The molecule has 8 nitrogen and oxygen atoms in total. The maximum Gasteiger partial charge on any atom is 0.268 e. The van der Waals surface area contributed by atoms with E-state index in [-0.39, 0.29) is 19.1 Å². The van der Waals surface area contributed by atoms with Crippen molar-refractivity contribution in [1.82, 2.24) is 5.32 Å². The number of amides is 1. The summed E-state index contributed by atoms with van der Waals surface area (Å²) < 4.78 is 23.5. The number of rotatable bonds is 66. The van der Waals surface area contributed by atoms with E-state index in [1.54, 1.807) is 6.08 Å². The first kappa shape index (κ1) is 78.0. The Balaban J connectivity index is 4.03. The van der Waals surface area contributed by atoms with Gasteiger partial charge < -0.3 is 28.8 Å². The fourth-order valence-corrected chi connectivity index (χ4v) is 11.6. The van der Waals surface area contributed by atoms with Crippen LogP contribution in [0.1, 0.15) is 367 Å². The third-order valence-corrected chi connectivity index (χ3v) is 17.4. The lowest BCUT2D eigenvalue weighted by Gasteiger charge is -2.29. The van der Waals surface area contributed by atoms with Gasteiger partial charge in [0, 0.05) is 6.42 Å². The molecule has 0 radical (unpaired) electrons. The minimum absolute atomic E-state index is 0.00195. The van der Waals surface area contributed by atoms with Crippen LogP contribution in [0.2, 0.25) is 0 Å². The van der Waals surface area contributed by atoms with E-state index in [1.165, 1.54) is 308 Å². The highest BCUT2D eigenvalue weighted by molar-refractivity contribution is 7.45. The van der Waals surface area contributed by atoms with Crippen molar-refractivity contribution in [1.29, 1.82) is 0 Å². The lowest BCUT2D eigenvalue weighted by Crippen LogP contribution is -2.45. The van der Waals surface area contributed by atoms with Crippen molar-refractivity contribution in [2.75, 3.05) is 40.9 Å². The number of aliphatic hydroxyl groups is 1. The number of phosphoric ester groups is 1. The van der Waals surface area contributed by atoms with Crippen molar-refractivity contribution in [3.8, 4) is 0 Å². The first-order chi connectivity index (χ1) is 38.5. The zero-order valence-electron chi connectivity index (χ0n) is 53.9. The average molecular weight is 1140 g/mol. The van der Waals surface area contributed by atoms with Gasteiger partial charge in [0.1, 0.15) is 13.2 Å². The second-order valence-electron chi connectivity index (χ2n) is 25.6. The van der Waals surface area contributed by atoms with E-state index >= 15 is 0 Å². The fraction of sp³-hybridized carbons (Fsp3) is 0.929. The molecule has 3 atom stereocenters. The number of carbonyl (C=O) groups is 1. The molecule has 0 aliphatic carbocycles. The molecule has 0 rings (SSSR count). The molecule has 0 spiro atoms. The normalized spacial score (nSPS) is 13.8. The Labute approximate surface area is 494 Å². The second-order valence-corrected chi connectivity index (χ2v) is 27.0. The topological polar surface area (TPSA) is 108 Å². The predicted octanol–water partition coefficient (Wildman–Crippen LogP) is 21.6. The number of allylic oxidation sites excluding steroid dienone is 3. The maximum absolute atomic E-state index is 13.0. The van der Waals surface area contributed by atoms with Crippen molar-refractivity contribution < 1.29 is 32.9 Å². The van der Waals surface area contributed by atoms with E-state index in [9.17, 15) is 19.4 Å². The SMILES string of the molecule is CCCCCCCCCC/C=C\CCCCCCCCCCCCCCCCCCCCCC(=O)NC(COP(=O)([O-])OCC[N+](C)(C)C)C(O)/C=C/CCCCCCCCCCCCCCCCCCCCCCCCCC. The molecular formula is C70H139N2O6P. The van der Waals surface area contributed by atoms with Gasteiger partial charge in [-0.3, -0.25) is 9.36 Å². The van der Waals surface area contributed by atoms with Crippen molar-refractivity contribution in [3.05, 3.63) is 24.3 Å². The molecular weight excluding hydrogens is 996 g/mol. The van der Waals surface area contributed by atoms with Crippen LogP contribution in [0.3, 0.4) is 0 Å². The summed E-state index contributed by atoms with van der Waals surface area (Å²) in [7, 11) is 1.28. The minimum Gasteiger partial charge on any atom is -0.756 e. The first-order valence-electron chi connectivity index (χ1n) is 35.2. The molecule has 0 saturated heterocycles. The molecule has 0 aromatic heterocycles. The van der Waals surface area contributed by atoms with Gasteiger partial charge in [-0.2, -0.15) is 0 Å². The molecule has 9 heteroatoms. The molecule has 0 saturated carbocycles. The smallest absolute Gasteiger partial charge is 0.268 e.